The number of aliphatic carboxylic acids is 2. The van der Waals surface area contributed by atoms with Gasteiger partial charge in [-0.15, -0.1) is 0 Å². The average molecular weight is 1350 g/mol. The fourth-order valence-corrected chi connectivity index (χ4v) is 11.2. The zero-order valence-electron chi connectivity index (χ0n) is 56.1. The lowest BCUT2D eigenvalue weighted by Crippen LogP contribution is -2.65. The number of unbranched alkanes of at least 4 members (excludes halogenated alkanes) is 1. The van der Waals surface area contributed by atoms with Crippen LogP contribution in [0.3, 0.4) is 0 Å². The lowest BCUT2D eigenvalue weighted by atomic mass is 9.84. The summed E-state index contributed by atoms with van der Waals surface area (Å²) in [6, 6.07) is -8.71. The molecule has 1 saturated heterocycles. The van der Waals surface area contributed by atoms with Gasteiger partial charge in [0.2, 0.25) is 65.0 Å². The monoisotopic (exact) mass is 1350 g/mol. The van der Waals surface area contributed by atoms with Gasteiger partial charge in [-0.1, -0.05) is 85.8 Å². The minimum Gasteiger partial charge on any atom is -0.508 e. The molecule has 1 aliphatic heterocycles. The molecule has 33 heteroatoms. The van der Waals surface area contributed by atoms with Gasteiger partial charge < -0.3 is 96.7 Å². The second-order valence-electron chi connectivity index (χ2n) is 25.9. The van der Waals surface area contributed by atoms with E-state index in [1.807, 2.05) is 13.8 Å². The topological polar surface area (TPSA) is 549 Å². The Morgan fingerprint density at radius 3 is 1.41 bits per heavy atom. The Kier molecular flexibility index (Phi) is 34.4. The maximum Gasteiger partial charge on any atom is 0.305 e. The molecule has 0 bridgehead atoms. The molecular weight excluding hydrogens is 1250 g/mol. The van der Waals surface area contributed by atoms with Crippen LogP contribution in [0, 0.1) is 23.7 Å². The lowest BCUT2D eigenvalue weighted by Gasteiger charge is -2.42. The largest absolute Gasteiger partial charge is 0.508 e. The van der Waals surface area contributed by atoms with Crippen molar-refractivity contribution in [1.29, 1.82) is 0 Å². The fourth-order valence-electron chi connectivity index (χ4n) is 11.2. The van der Waals surface area contributed by atoms with E-state index in [4.69, 9.17) is 28.7 Å². The number of nitrogens with one attached hydrogen (secondary N) is 9. The predicted octanol–water partition coefficient (Wildman–Crippen LogP) is -2.04. The molecule has 0 aromatic heterocycles. The number of carboxylic acid groups (broad SMARTS) is 2. The summed E-state index contributed by atoms with van der Waals surface area (Å²) in [6.07, 6.45) is 2.84. The maximum absolute atomic E-state index is 14.7. The molecule has 11 amide bonds. The molecule has 0 radical (unpaired) electrons. The van der Waals surface area contributed by atoms with Crippen LogP contribution in [0.15, 0.2) is 34.3 Å². The second kappa shape index (κ2) is 40.8. The summed E-state index contributed by atoms with van der Waals surface area (Å²) < 4.78 is 0. The number of primary amides is 1. The number of carbonyl (C=O) groups excluding carboxylic acids is 11. The quantitative estimate of drug-likeness (QED) is 0.0190. The van der Waals surface area contributed by atoms with E-state index in [0.717, 1.165) is 24.2 Å². The van der Waals surface area contributed by atoms with Crippen molar-refractivity contribution in [2.45, 2.75) is 224 Å². The number of aliphatic imine (C=N–C) groups is 2. The Labute approximate surface area is 559 Å². The van der Waals surface area contributed by atoms with E-state index in [1.165, 1.54) is 31.2 Å². The molecule has 2 aliphatic rings. The Balaban J connectivity index is 1.93. The number of likely N-dealkylation sites (tertiary alicyclic amines) is 1. The van der Waals surface area contributed by atoms with Crippen LogP contribution < -0.4 is 76.5 Å². The molecule has 2 fully saturated rings. The predicted molar refractivity (Wildman–Crippen MR) is 353 cm³/mol. The first kappa shape index (κ1) is 80.9. The van der Waals surface area contributed by atoms with Crippen molar-refractivity contribution in [3.05, 3.63) is 29.8 Å². The van der Waals surface area contributed by atoms with Crippen LogP contribution in [0.5, 0.6) is 5.75 Å². The van der Waals surface area contributed by atoms with Gasteiger partial charge in [-0.05, 0) is 106 Å². The number of guanidine groups is 2. The molecule has 22 N–H and O–H groups in total. The molecule has 1 aromatic rings. The van der Waals surface area contributed by atoms with E-state index in [9.17, 15) is 77.6 Å². The van der Waals surface area contributed by atoms with Crippen LogP contribution in [0.1, 0.15) is 163 Å². The number of nitrogens with two attached hydrogens (primary N) is 5. The summed E-state index contributed by atoms with van der Waals surface area (Å²) in [7, 11) is 0. The van der Waals surface area contributed by atoms with Crippen LogP contribution in [-0.4, -0.2) is 189 Å². The van der Waals surface area contributed by atoms with Crippen LogP contribution in [0.4, 0.5) is 0 Å². The number of rotatable bonds is 42. The van der Waals surface area contributed by atoms with Gasteiger partial charge in [0.25, 0.3) is 0 Å². The third kappa shape index (κ3) is 30.0. The van der Waals surface area contributed by atoms with E-state index >= 15 is 0 Å². The number of phenols is 1. The van der Waals surface area contributed by atoms with E-state index in [1.54, 1.807) is 27.7 Å². The van der Waals surface area contributed by atoms with Gasteiger partial charge in [0.05, 0.1) is 12.8 Å². The summed E-state index contributed by atoms with van der Waals surface area (Å²) in [5, 5.41) is 53.2. The van der Waals surface area contributed by atoms with Gasteiger partial charge in [0.1, 0.15) is 66.2 Å². The Bertz CT molecular complexity index is 2890. The third-order valence-corrected chi connectivity index (χ3v) is 16.1. The number of hydrogen-bond donors (Lipinski definition) is 17. The summed E-state index contributed by atoms with van der Waals surface area (Å²) in [4.78, 5) is 186. The zero-order valence-corrected chi connectivity index (χ0v) is 56.1. The van der Waals surface area contributed by atoms with Crippen molar-refractivity contribution in [3.8, 4) is 5.75 Å². The average Bonchev–Trinajstić information content (AvgIpc) is 0.797. The highest BCUT2D eigenvalue weighted by Gasteiger charge is 2.44. The van der Waals surface area contributed by atoms with Gasteiger partial charge in [0, 0.05) is 33.0 Å². The lowest BCUT2D eigenvalue weighted by molar-refractivity contribution is -0.151. The van der Waals surface area contributed by atoms with Gasteiger partial charge in [-0.3, -0.25) is 72.3 Å². The minimum atomic E-state index is -1.87. The summed E-state index contributed by atoms with van der Waals surface area (Å²) >= 11 is 0. The van der Waals surface area contributed by atoms with Crippen LogP contribution in [-0.2, 0) is 68.7 Å². The fraction of sp³-hybridized carbons (Fsp3) is 0.667. The number of amides is 11. The van der Waals surface area contributed by atoms with Crippen molar-refractivity contribution in [2.75, 3.05) is 19.6 Å². The number of hydrogen-bond acceptors (Lipinski definition) is 16. The van der Waals surface area contributed by atoms with Crippen LogP contribution in [0.25, 0.3) is 0 Å². The third-order valence-electron chi connectivity index (χ3n) is 16.1. The summed E-state index contributed by atoms with van der Waals surface area (Å²) in [5.41, 5.74) is 27.8. The normalized spacial score (nSPS) is 16.6. The molecule has 10 atom stereocenters. The Hall–Kier alpha value is -9.33. The second-order valence-corrected chi connectivity index (χ2v) is 25.9. The first-order valence-electron chi connectivity index (χ1n) is 32.8. The van der Waals surface area contributed by atoms with Gasteiger partial charge in [-0.25, -0.2) is 0 Å². The van der Waals surface area contributed by atoms with Crippen molar-refractivity contribution in [2.24, 2.45) is 62.3 Å². The first-order chi connectivity index (χ1) is 45.1. The molecule has 1 saturated carbocycles. The number of aromatic hydroxyl groups is 1. The number of carboxylic acids is 2. The molecule has 1 heterocycles. The summed E-state index contributed by atoms with van der Waals surface area (Å²) in [5.74, 6) is -13.8. The minimum absolute atomic E-state index is 0.00476. The Morgan fingerprint density at radius 2 is 0.906 bits per heavy atom. The zero-order chi connectivity index (χ0) is 71.9. The SMILES string of the molecule is CC(=O)N[C@@H](CC(C)C)C(=O)N[C@@H](CCCN=C(N)N)C(=O)N[C@@H](CC(=O)O)C(=O)N[C@@H](CC1CCCCC1)C(=O)N[C@@H](CC(C)C)C(=O)N1CCC1C(=O)N[C@@H](CC(=O)O)C(=O)N[C@@H](Cc1ccc(O)cc1)C(=O)N[C@@H](CC(C)C)C(=O)N[C@@H](CCCCN=C(N)N)C(N)=O. The van der Waals surface area contributed by atoms with E-state index < -0.39 is 150 Å². The molecule has 1 aromatic carbocycles. The van der Waals surface area contributed by atoms with Gasteiger partial charge in [0.15, 0.2) is 11.9 Å². The highest BCUT2D eigenvalue weighted by molar-refractivity contribution is 6.00. The van der Waals surface area contributed by atoms with Crippen molar-refractivity contribution >= 4 is 88.8 Å². The highest BCUT2D eigenvalue weighted by Crippen LogP contribution is 2.28. The van der Waals surface area contributed by atoms with Crippen molar-refractivity contribution < 1.29 is 77.6 Å². The highest BCUT2D eigenvalue weighted by atomic mass is 16.4. The molecule has 3 rings (SSSR count). The summed E-state index contributed by atoms with van der Waals surface area (Å²) in [6.45, 7) is 12.2. The molecule has 1 unspecified atom stereocenters. The van der Waals surface area contributed by atoms with E-state index in [2.05, 4.69) is 57.8 Å². The molecule has 536 valence electrons. The van der Waals surface area contributed by atoms with Crippen LogP contribution >= 0.6 is 0 Å². The standard InChI is InChI=1S/C63H103N17O16/c1-33(2)26-42(71-36(7)81)54(89)73-41(17-13-24-70-63(67)68)53(88)77-46(31-50(83)84)58(93)75-44(29-37-14-9-8-10-15-37)57(92)79-48(28-35(5)6)61(96)80-25-22-49(80)60(95)78-47(32-51(85)86)59(94)76-45(30-38-18-20-39(82)21-19-38)56(91)74-43(27-34(3)4)55(90)72-40(52(64)87)16-11-12-23-69-62(65)66/h18-21,33-35,37,40-49,82H,8-17,22-32H2,1-7H3,(H2,64,87)(H,71,81)(H,72,90)(H,73,89)(H,74,91)(H,75,93)(H,76,94)(H,77,88)(H,78,95)(H,79,92)(H,83,84)(H,85,86)(H4,65,66,69)(H4,67,68,70)/t40-,41-,42-,43-,44-,45-,46-,47-,48-,49?/m0/s1. The van der Waals surface area contributed by atoms with E-state index in [-0.39, 0.29) is 119 Å². The van der Waals surface area contributed by atoms with Gasteiger partial charge >= 0.3 is 11.9 Å². The molecule has 0 spiro atoms. The Morgan fingerprint density at radius 1 is 0.490 bits per heavy atom. The first-order valence-corrected chi connectivity index (χ1v) is 32.8. The number of carbonyl (C=O) groups is 13. The number of phenolic OH excluding ortho intramolecular Hbond substituents is 1. The van der Waals surface area contributed by atoms with Crippen molar-refractivity contribution in [3.63, 3.8) is 0 Å². The molecule has 1 aliphatic carbocycles. The van der Waals surface area contributed by atoms with Crippen molar-refractivity contribution in [1.82, 2.24) is 52.8 Å². The van der Waals surface area contributed by atoms with E-state index in [0.29, 0.717) is 31.2 Å². The number of nitrogens with zero attached hydrogens (tertiary/aromatic N) is 3. The molecular formula is C63H103N17O16. The van der Waals surface area contributed by atoms with Crippen LogP contribution in [0.2, 0.25) is 0 Å². The maximum atomic E-state index is 14.7. The van der Waals surface area contributed by atoms with Gasteiger partial charge in [-0.2, -0.15) is 0 Å². The smallest absolute Gasteiger partial charge is 0.305 e. The molecule has 33 nitrogen and oxygen atoms in total. The number of benzene rings is 1. The molecule has 96 heavy (non-hydrogen) atoms.